The van der Waals surface area contributed by atoms with Gasteiger partial charge in [-0.1, -0.05) is 44.9 Å². The Morgan fingerprint density at radius 2 is 1.57 bits per heavy atom. The van der Waals surface area contributed by atoms with Crippen LogP contribution in [0.25, 0.3) is 0 Å². The fourth-order valence-electron chi connectivity index (χ4n) is 8.43. The number of hydrogen-bond donors (Lipinski definition) is 3. The molecule has 1 aliphatic heterocycles. The van der Waals surface area contributed by atoms with Crippen molar-refractivity contribution >= 4 is 11.9 Å². The van der Waals surface area contributed by atoms with Crippen LogP contribution in [0.4, 0.5) is 0 Å². The zero-order valence-corrected chi connectivity index (χ0v) is 25.1. The summed E-state index contributed by atoms with van der Waals surface area (Å²) < 4.78 is 18.1. The summed E-state index contributed by atoms with van der Waals surface area (Å²) in [6, 6.07) is 0. The molecule has 8 atom stereocenters. The van der Waals surface area contributed by atoms with E-state index in [-0.39, 0.29) is 42.5 Å². The van der Waals surface area contributed by atoms with Gasteiger partial charge in [-0.25, -0.2) is 0 Å². The summed E-state index contributed by atoms with van der Waals surface area (Å²) >= 11 is 0. The van der Waals surface area contributed by atoms with Crippen molar-refractivity contribution in [1.82, 2.24) is 0 Å². The molecule has 3 aliphatic carbocycles. The molecule has 0 aromatic rings. The second-order valence-electron chi connectivity index (χ2n) is 13.5. The monoisotopic (exact) mass is 565 g/mol. The van der Waals surface area contributed by atoms with E-state index in [4.69, 9.17) is 19.9 Å². The average Bonchev–Trinajstić information content (AvgIpc) is 3.42. The van der Waals surface area contributed by atoms with Crippen molar-refractivity contribution in [1.29, 1.82) is 0 Å². The molecule has 0 amide bonds. The van der Waals surface area contributed by atoms with Gasteiger partial charge >= 0.3 is 11.9 Å². The van der Waals surface area contributed by atoms with Crippen molar-refractivity contribution in [2.45, 2.75) is 160 Å². The first-order chi connectivity index (χ1) is 19.3. The number of rotatable bonds is 12. The van der Waals surface area contributed by atoms with Gasteiger partial charge in [0.1, 0.15) is 18.4 Å². The van der Waals surface area contributed by atoms with E-state index in [0.29, 0.717) is 30.1 Å². The number of esters is 2. The Morgan fingerprint density at radius 3 is 2.25 bits per heavy atom. The van der Waals surface area contributed by atoms with Crippen molar-refractivity contribution < 1.29 is 34.2 Å². The number of quaternary nitrogens is 1. The van der Waals surface area contributed by atoms with Crippen molar-refractivity contribution in [3.63, 3.8) is 0 Å². The maximum atomic E-state index is 12.1. The number of aliphatic hydroxyl groups is 1. The maximum Gasteiger partial charge on any atom is 0.302 e. The van der Waals surface area contributed by atoms with Crippen molar-refractivity contribution in [2.24, 2.45) is 29.4 Å². The van der Waals surface area contributed by atoms with Crippen LogP contribution in [0.3, 0.4) is 0 Å². The van der Waals surface area contributed by atoms with Gasteiger partial charge in [0.25, 0.3) is 0 Å². The first-order valence-electron chi connectivity index (χ1n) is 16.5. The summed E-state index contributed by atoms with van der Waals surface area (Å²) in [6.07, 6.45) is 16.9. The molecular formula is C32H57N2O6+. The Labute approximate surface area is 241 Å². The predicted molar refractivity (Wildman–Crippen MR) is 153 cm³/mol. The number of carbonyl (C=O) groups excluding carboxylic acids is 2. The Hall–Kier alpha value is -1.22. The zero-order valence-electron chi connectivity index (χ0n) is 25.1. The standard InChI is InChI=1S/C32H56N2O6/c1-21(35)38-27(19-28(39-22(2)36)16-23-8-4-3-5-9-23)13-12-24-17-31(40-26-10-6-7-11-26)30(37)20-29(24)25-14-15-34-32(33)18-25/h23-32,34,37H,3-20,33H2,1-2H3/p+1. The highest BCUT2D eigenvalue weighted by atomic mass is 16.6. The lowest BCUT2D eigenvalue weighted by Crippen LogP contribution is -2.94. The van der Waals surface area contributed by atoms with Crippen LogP contribution in [-0.4, -0.2) is 60.3 Å². The molecule has 0 bridgehead atoms. The lowest BCUT2D eigenvalue weighted by molar-refractivity contribution is -0.699. The Bertz CT molecular complexity index is 783. The first kappa shape index (κ1) is 31.7. The van der Waals surface area contributed by atoms with Crippen LogP contribution in [0.5, 0.6) is 0 Å². The molecule has 1 heterocycles. The van der Waals surface area contributed by atoms with E-state index < -0.39 is 6.10 Å². The van der Waals surface area contributed by atoms with Crippen LogP contribution in [0, 0.1) is 23.7 Å². The van der Waals surface area contributed by atoms with Crippen LogP contribution < -0.4 is 11.1 Å². The minimum Gasteiger partial charge on any atom is -0.462 e. The molecule has 1 saturated heterocycles. The zero-order chi connectivity index (χ0) is 28.5. The molecule has 0 aromatic carbocycles. The van der Waals surface area contributed by atoms with E-state index >= 15 is 0 Å². The third-order valence-corrected chi connectivity index (χ3v) is 10.3. The molecule has 0 radical (unpaired) electrons. The molecule has 230 valence electrons. The summed E-state index contributed by atoms with van der Waals surface area (Å²) in [4.78, 5) is 24.1. The van der Waals surface area contributed by atoms with Crippen LogP contribution >= 0.6 is 0 Å². The van der Waals surface area contributed by atoms with Crippen molar-refractivity contribution in [3.8, 4) is 0 Å². The van der Waals surface area contributed by atoms with Gasteiger partial charge in [0.15, 0.2) is 0 Å². The summed E-state index contributed by atoms with van der Waals surface area (Å²) in [6.45, 7) is 3.98. The highest BCUT2D eigenvalue weighted by molar-refractivity contribution is 5.66. The SMILES string of the molecule is CC(=O)OC(CCC1CC(OC2CCCC2)C(O)CC1C1CC[NH2+]C(N)C1)CC(CC1CCCCC1)OC(C)=O. The Balaban J connectivity index is 1.43. The van der Waals surface area contributed by atoms with E-state index in [2.05, 4.69) is 5.32 Å². The predicted octanol–water partition coefficient (Wildman–Crippen LogP) is 3.96. The molecule has 8 nitrogen and oxygen atoms in total. The molecule has 3 saturated carbocycles. The number of hydrogen-bond acceptors (Lipinski definition) is 7. The normalized spacial score (nSPS) is 33.8. The van der Waals surface area contributed by atoms with Gasteiger partial charge in [0.2, 0.25) is 0 Å². The summed E-state index contributed by atoms with van der Waals surface area (Å²) in [5, 5.41) is 13.4. The van der Waals surface area contributed by atoms with Crippen molar-refractivity contribution in [3.05, 3.63) is 0 Å². The quantitative estimate of drug-likeness (QED) is 0.306. The number of carbonyl (C=O) groups is 2. The molecular weight excluding hydrogens is 508 g/mol. The molecule has 0 aromatic heterocycles. The molecule has 4 aliphatic rings. The van der Waals surface area contributed by atoms with Crippen LogP contribution in [0.2, 0.25) is 0 Å². The Morgan fingerprint density at radius 1 is 0.900 bits per heavy atom. The second kappa shape index (κ2) is 15.9. The first-order valence-corrected chi connectivity index (χ1v) is 16.5. The van der Waals surface area contributed by atoms with E-state index in [1.807, 2.05) is 0 Å². The minimum atomic E-state index is -0.433. The minimum absolute atomic E-state index is 0.125. The largest absolute Gasteiger partial charge is 0.462 e. The molecule has 8 heteroatoms. The van der Waals surface area contributed by atoms with Gasteiger partial charge in [0.05, 0.1) is 24.9 Å². The van der Waals surface area contributed by atoms with Crippen LogP contribution in [0.1, 0.15) is 123 Å². The summed E-state index contributed by atoms with van der Waals surface area (Å²) in [5.74, 6) is 1.30. The summed E-state index contributed by atoms with van der Waals surface area (Å²) in [7, 11) is 0. The highest BCUT2D eigenvalue weighted by Crippen LogP contribution is 2.43. The highest BCUT2D eigenvalue weighted by Gasteiger charge is 2.43. The van der Waals surface area contributed by atoms with Gasteiger partial charge < -0.3 is 24.6 Å². The Kier molecular flexibility index (Phi) is 12.6. The fraction of sp³-hybridized carbons (Fsp3) is 0.938. The number of aliphatic hydroxyl groups excluding tert-OH is 1. The lowest BCUT2D eigenvalue weighted by atomic mass is 9.66. The smallest absolute Gasteiger partial charge is 0.302 e. The lowest BCUT2D eigenvalue weighted by Gasteiger charge is -2.45. The second-order valence-corrected chi connectivity index (χ2v) is 13.5. The summed E-state index contributed by atoms with van der Waals surface area (Å²) in [5.41, 5.74) is 6.35. The number of nitrogens with two attached hydrogens (primary N) is 2. The topological polar surface area (TPSA) is 125 Å². The number of piperidine rings is 1. The van der Waals surface area contributed by atoms with E-state index in [0.717, 1.165) is 64.3 Å². The average molecular weight is 566 g/mol. The van der Waals surface area contributed by atoms with Crippen molar-refractivity contribution in [2.75, 3.05) is 6.54 Å². The molecule has 8 unspecified atom stereocenters. The van der Waals surface area contributed by atoms with Gasteiger partial charge in [-0.2, -0.15) is 0 Å². The third-order valence-electron chi connectivity index (χ3n) is 10.3. The van der Waals surface area contributed by atoms with Gasteiger partial charge in [-0.15, -0.1) is 0 Å². The van der Waals surface area contributed by atoms with E-state index in [9.17, 15) is 14.7 Å². The van der Waals surface area contributed by atoms with Crippen LogP contribution in [-0.2, 0) is 23.8 Å². The maximum absolute atomic E-state index is 12.1. The molecule has 0 spiro atoms. The molecule has 5 N–H and O–H groups in total. The number of ether oxygens (including phenoxy) is 3. The fourth-order valence-corrected chi connectivity index (χ4v) is 8.43. The molecule has 40 heavy (non-hydrogen) atoms. The van der Waals surface area contributed by atoms with Gasteiger partial charge in [-0.3, -0.25) is 15.3 Å². The molecule has 4 fully saturated rings. The third kappa shape index (κ3) is 9.95. The van der Waals surface area contributed by atoms with E-state index in [1.54, 1.807) is 0 Å². The van der Waals surface area contributed by atoms with Gasteiger partial charge in [0, 0.05) is 26.7 Å². The van der Waals surface area contributed by atoms with Crippen LogP contribution in [0.15, 0.2) is 0 Å². The molecule has 4 rings (SSSR count). The van der Waals surface area contributed by atoms with E-state index in [1.165, 1.54) is 58.8 Å². The van der Waals surface area contributed by atoms with Gasteiger partial charge in [-0.05, 0) is 75.0 Å².